The van der Waals surface area contributed by atoms with Crippen molar-refractivity contribution >= 4 is 67.1 Å². The number of nitrogens with two attached hydrogens (primary N) is 1. The number of hydrogen-bond donors (Lipinski definition) is 4. The topological polar surface area (TPSA) is 151 Å². The molecule has 0 unspecified atom stereocenters. The third kappa shape index (κ3) is 4.28. The number of benzene rings is 3. The van der Waals surface area contributed by atoms with Crippen molar-refractivity contribution in [1.29, 1.82) is 0 Å². The Balaban J connectivity index is 1.43. The van der Waals surface area contributed by atoms with Gasteiger partial charge >= 0.3 is 5.97 Å². The summed E-state index contributed by atoms with van der Waals surface area (Å²) >= 11 is 0. The number of aromatic amines is 1. The number of nitrogens with one attached hydrogen (secondary N) is 2. The van der Waals surface area contributed by atoms with Crippen LogP contribution in [0.3, 0.4) is 0 Å². The van der Waals surface area contributed by atoms with Crippen molar-refractivity contribution in [3.63, 3.8) is 0 Å². The minimum atomic E-state index is -1.42. The van der Waals surface area contributed by atoms with Gasteiger partial charge in [0.05, 0.1) is 35.2 Å². The predicted molar refractivity (Wildman–Crippen MR) is 153 cm³/mol. The van der Waals surface area contributed by atoms with Crippen LogP contribution in [0.4, 0.5) is 15.8 Å². The van der Waals surface area contributed by atoms with Gasteiger partial charge in [0.1, 0.15) is 16.8 Å². The van der Waals surface area contributed by atoms with Crippen LogP contribution in [0.15, 0.2) is 56.2 Å². The number of nitrogen functional groups attached to an aromatic ring is 1. The Morgan fingerprint density at radius 3 is 2.68 bits per heavy atom. The van der Waals surface area contributed by atoms with Crippen molar-refractivity contribution in [3.8, 4) is 0 Å². The van der Waals surface area contributed by atoms with Crippen molar-refractivity contribution in [1.82, 2.24) is 14.3 Å². The number of aromatic nitrogens is 2. The van der Waals surface area contributed by atoms with E-state index >= 15 is 4.39 Å². The van der Waals surface area contributed by atoms with Gasteiger partial charge in [-0.3, -0.25) is 9.69 Å². The summed E-state index contributed by atoms with van der Waals surface area (Å²) in [6, 6.07) is 9.68. The Hall–Kier alpha value is -4.81. The van der Waals surface area contributed by atoms with Crippen LogP contribution in [-0.4, -0.2) is 64.8 Å². The average Bonchev–Trinajstić information content (AvgIpc) is 2.96. The molecule has 0 bridgehead atoms. The fourth-order valence-corrected chi connectivity index (χ4v) is 5.47. The van der Waals surface area contributed by atoms with E-state index in [4.69, 9.17) is 19.3 Å². The van der Waals surface area contributed by atoms with Crippen LogP contribution in [0.2, 0.25) is 0 Å². The SMILES string of the molecule is Nc1ccc2[nH]c3cc4oc5c(NCCCN6CCOCC6)c(F)cc6c(=O)c(C(=O)O)cn(c4cc3oc2c1)c56. The second-order valence-electron chi connectivity index (χ2n) is 10.1. The number of aromatic carboxylic acids is 1. The summed E-state index contributed by atoms with van der Waals surface area (Å²) in [5.41, 5.74) is 8.67. The Kier molecular flexibility index (Phi) is 5.94. The van der Waals surface area contributed by atoms with Gasteiger partial charge in [0, 0.05) is 49.7 Å². The van der Waals surface area contributed by atoms with Crippen LogP contribution in [-0.2, 0) is 4.74 Å². The number of nitrogens with zero attached hydrogens (tertiary/aromatic N) is 2. The van der Waals surface area contributed by atoms with E-state index in [0.717, 1.165) is 32.1 Å². The molecule has 0 spiro atoms. The van der Waals surface area contributed by atoms with Crippen LogP contribution in [0.5, 0.6) is 0 Å². The zero-order valence-corrected chi connectivity index (χ0v) is 21.8. The molecule has 7 rings (SSSR count). The van der Waals surface area contributed by atoms with Gasteiger partial charge in [-0.1, -0.05) is 0 Å². The number of hydrogen-bond acceptors (Lipinski definition) is 8. The fourth-order valence-electron chi connectivity index (χ4n) is 5.47. The highest BCUT2D eigenvalue weighted by Gasteiger charge is 2.23. The lowest BCUT2D eigenvalue weighted by Crippen LogP contribution is -2.37. The Morgan fingerprint density at radius 2 is 1.88 bits per heavy atom. The van der Waals surface area contributed by atoms with E-state index < -0.39 is 22.8 Å². The second kappa shape index (κ2) is 9.68. The molecule has 0 radical (unpaired) electrons. The first kappa shape index (κ1) is 25.2. The number of anilines is 2. The van der Waals surface area contributed by atoms with Crippen LogP contribution in [0.25, 0.3) is 49.8 Å². The normalized spacial score (nSPS) is 14.6. The third-order valence-corrected chi connectivity index (χ3v) is 7.51. The van der Waals surface area contributed by atoms with Crippen LogP contribution >= 0.6 is 0 Å². The standard InChI is InChI=1S/C29H26FN5O6/c30-18-11-16-26-28(25(18)32-4-1-5-34-6-8-39-9-7-34)41-24-12-20-23(40-22-10-15(31)2-3-19(22)33-20)13-21(24)35(26)14-17(27(16)36)29(37)38/h2-3,10-14,32-33H,1,4-9,31H2,(H,37,38). The molecule has 4 heterocycles. The van der Waals surface area contributed by atoms with Crippen molar-refractivity contribution in [2.75, 3.05) is 50.4 Å². The first-order valence-electron chi connectivity index (χ1n) is 13.3. The van der Waals surface area contributed by atoms with E-state index in [1.165, 1.54) is 6.20 Å². The smallest absolute Gasteiger partial charge is 0.341 e. The molecule has 1 saturated heterocycles. The number of ether oxygens (including phenoxy) is 1. The Morgan fingerprint density at radius 1 is 1.07 bits per heavy atom. The second-order valence-corrected chi connectivity index (χ2v) is 10.1. The van der Waals surface area contributed by atoms with Gasteiger partial charge in [-0.05, 0) is 31.2 Å². The van der Waals surface area contributed by atoms with Crippen LogP contribution in [0.1, 0.15) is 16.8 Å². The molecule has 11 nitrogen and oxygen atoms in total. The van der Waals surface area contributed by atoms with Gasteiger partial charge in [-0.25, -0.2) is 9.18 Å². The van der Waals surface area contributed by atoms with Gasteiger partial charge in [0.15, 0.2) is 28.1 Å². The van der Waals surface area contributed by atoms with E-state index in [0.29, 0.717) is 58.7 Å². The summed E-state index contributed by atoms with van der Waals surface area (Å²) in [6.45, 7) is 4.38. The number of carboxylic acids is 1. The van der Waals surface area contributed by atoms with Gasteiger partial charge in [0.25, 0.3) is 0 Å². The summed E-state index contributed by atoms with van der Waals surface area (Å²) in [7, 11) is 0. The maximum absolute atomic E-state index is 15.6. The maximum atomic E-state index is 15.6. The molecule has 41 heavy (non-hydrogen) atoms. The molecule has 3 aromatic heterocycles. The number of fused-ring (bicyclic) bond motifs is 4. The van der Waals surface area contributed by atoms with Crippen molar-refractivity contribution < 1.29 is 27.9 Å². The molecule has 6 aromatic rings. The molecule has 0 amide bonds. The lowest BCUT2D eigenvalue weighted by atomic mass is 10.1. The Bertz CT molecular complexity index is 2080. The fraction of sp³-hybridized carbons (Fsp3) is 0.241. The maximum Gasteiger partial charge on any atom is 0.341 e. The molecule has 1 fully saturated rings. The minimum Gasteiger partial charge on any atom is -0.477 e. The zero-order valence-electron chi connectivity index (χ0n) is 21.8. The van der Waals surface area contributed by atoms with E-state index in [1.54, 1.807) is 34.7 Å². The number of morpholine rings is 1. The number of pyridine rings is 1. The van der Waals surface area contributed by atoms with E-state index in [9.17, 15) is 14.7 Å². The summed E-state index contributed by atoms with van der Waals surface area (Å²) in [4.78, 5) is 30.7. The zero-order chi connectivity index (χ0) is 28.2. The summed E-state index contributed by atoms with van der Waals surface area (Å²) in [6.07, 6.45) is 1.99. The molecule has 5 N–H and O–H groups in total. The highest BCUT2D eigenvalue weighted by Crippen LogP contribution is 2.35. The van der Waals surface area contributed by atoms with Gasteiger partial charge in [0.2, 0.25) is 5.43 Å². The van der Waals surface area contributed by atoms with Gasteiger partial charge < -0.3 is 39.1 Å². The van der Waals surface area contributed by atoms with E-state index in [2.05, 4.69) is 15.2 Å². The molecule has 3 aromatic carbocycles. The molecule has 0 saturated carbocycles. The quantitative estimate of drug-likeness (QED) is 0.0997. The minimum absolute atomic E-state index is 0.100. The molecule has 12 heteroatoms. The van der Waals surface area contributed by atoms with Crippen LogP contribution < -0.4 is 16.5 Å². The highest BCUT2D eigenvalue weighted by atomic mass is 19.1. The predicted octanol–water partition coefficient (Wildman–Crippen LogP) is 4.54. The lowest BCUT2D eigenvalue weighted by Gasteiger charge is -2.26. The average molecular weight is 560 g/mol. The first-order valence-corrected chi connectivity index (χ1v) is 13.3. The summed E-state index contributed by atoms with van der Waals surface area (Å²) in [5, 5.41) is 12.8. The monoisotopic (exact) mass is 559 g/mol. The lowest BCUT2D eigenvalue weighted by molar-refractivity contribution is 0.0378. The third-order valence-electron chi connectivity index (χ3n) is 7.51. The molecule has 0 atom stereocenters. The number of carbonyl (C=O) groups is 1. The number of H-pyrrole nitrogens is 1. The largest absolute Gasteiger partial charge is 0.477 e. The van der Waals surface area contributed by atoms with Crippen molar-refractivity contribution in [3.05, 3.63) is 64.2 Å². The van der Waals surface area contributed by atoms with Gasteiger partial charge in [-0.15, -0.1) is 0 Å². The Labute approximate surface area is 230 Å². The molecule has 0 aliphatic carbocycles. The number of carboxylic acid groups (broad SMARTS) is 1. The highest BCUT2D eigenvalue weighted by molar-refractivity contribution is 6.06. The molecule has 210 valence electrons. The van der Waals surface area contributed by atoms with Crippen LogP contribution in [0, 0.1) is 5.82 Å². The van der Waals surface area contributed by atoms with E-state index in [-0.39, 0.29) is 22.2 Å². The summed E-state index contributed by atoms with van der Waals surface area (Å²) < 4.78 is 34.9. The van der Waals surface area contributed by atoms with Crippen molar-refractivity contribution in [2.45, 2.75) is 6.42 Å². The molecular weight excluding hydrogens is 533 g/mol. The molecule has 1 aliphatic rings. The molecule has 1 aliphatic heterocycles. The number of halogens is 1. The van der Waals surface area contributed by atoms with Crippen molar-refractivity contribution in [2.24, 2.45) is 0 Å². The van der Waals surface area contributed by atoms with E-state index in [1.807, 2.05) is 0 Å². The molecular formula is C29H26FN5O6. The first-order chi connectivity index (χ1) is 19.9. The van der Waals surface area contributed by atoms with Gasteiger partial charge in [-0.2, -0.15) is 0 Å². The summed E-state index contributed by atoms with van der Waals surface area (Å²) in [5.74, 6) is -2.12. The number of rotatable bonds is 6.